The van der Waals surface area contributed by atoms with Gasteiger partial charge in [-0.05, 0) is 34.0 Å². The van der Waals surface area contributed by atoms with Gasteiger partial charge in [-0.25, -0.2) is 4.39 Å². The van der Waals surface area contributed by atoms with Gasteiger partial charge in [0.15, 0.2) is 0 Å². The van der Waals surface area contributed by atoms with Gasteiger partial charge in [-0.1, -0.05) is 12.1 Å². The van der Waals surface area contributed by atoms with Crippen LogP contribution in [0.4, 0.5) is 17.6 Å². The van der Waals surface area contributed by atoms with Crippen LogP contribution >= 0.6 is 15.9 Å². The molecule has 1 rings (SSSR count). The number of halogens is 5. The van der Waals surface area contributed by atoms with E-state index in [0.717, 1.165) is 0 Å². The molecule has 1 unspecified atom stereocenters. The lowest BCUT2D eigenvalue weighted by molar-refractivity contribution is -0.136. The van der Waals surface area contributed by atoms with Gasteiger partial charge < -0.3 is 5.73 Å². The highest BCUT2D eigenvalue weighted by molar-refractivity contribution is 9.10. The Morgan fingerprint density at radius 2 is 1.94 bits per heavy atom. The second-order valence-corrected chi connectivity index (χ2v) is 4.20. The van der Waals surface area contributed by atoms with E-state index in [2.05, 4.69) is 15.9 Å². The molecule has 0 aliphatic heterocycles. The SMILES string of the molecule is NC(CCC(F)(F)F)c1cccc(F)c1Br. The molecule has 1 nitrogen and oxygen atoms in total. The van der Waals surface area contributed by atoms with E-state index < -0.39 is 24.5 Å². The van der Waals surface area contributed by atoms with E-state index in [1.54, 1.807) is 0 Å². The first-order valence-electron chi connectivity index (χ1n) is 4.57. The van der Waals surface area contributed by atoms with Crippen LogP contribution in [-0.4, -0.2) is 6.18 Å². The Kier molecular flexibility index (Phi) is 4.32. The number of rotatable bonds is 3. The standard InChI is InChI=1S/C10H10BrF4N/c11-9-6(2-1-3-7(9)12)8(16)4-5-10(13,14)15/h1-3,8H,4-5,16H2. The highest BCUT2D eigenvalue weighted by atomic mass is 79.9. The molecule has 0 bridgehead atoms. The van der Waals surface area contributed by atoms with Crippen molar-refractivity contribution in [3.63, 3.8) is 0 Å². The largest absolute Gasteiger partial charge is 0.389 e. The number of alkyl halides is 3. The van der Waals surface area contributed by atoms with Crippen LogP contribution in [0.2, 0.25) is 0 Å². The molecule has 16 heavy (non-hydrogen) atoms. The fourth-order valence-electron chi connectivity index (χ4n) is 1.28. The van der Waals surface area contributed by atoms with Crippen LogP contribution in [0.5, 0.6) is 0 Å². The van der Waals surface area contributed by atoms with Crippen LogP contribution < -0.4 is 5.73 Å². The maximum absolute atomic E-state index is 13.1. The van der Waals surface area contributed by atoms with E-state index in [-0.39, 0.29) is 10.9 Å². The average molecular weight is 300 g/mol. The van der Waals surface area contributed by atoms with Crippen LogP contribution in [-0.2, 0) is 0 Å². The van der Waals surface area contributed by atoms with Crippen molar-refractivity contribution in [3.05, 3.63) is 34.1 Å². The monoisotopic (exact) mass is 299 g/mol. The van der Waals surface area contributed by atoms with Gasteiger partial charge >= 0.3 is 6.18 Å². The van der Waals surface area contributed by atoms with Crippen LogP contribution in [0.3, 0.4) is 0 Å². The third kappa shape index (κ3) is 3.75. The van der Waals surface area contributed by atoms with Crippen LogP contribution in [0.1, 0.15) is 24.4 Å². The smallest absolute Gasteiger partial charge is 0.324 e. The van der Waals surface area contributed by atoms with Crippen molar-refractivity contribution in [2.45, 2.75) is 25.1 Å². The molecule has 0 radical (unpaired) electrons. The first-order chi connectivity index (χ1) is 7.31. The first-order valence-corrected chi connectivity index (χ1v) is 5.37. The number of hydrogen-bond donors (Lipinski definition) is 1. The summed E-state index contributed by atoms with van der Waals surface area (Å²) in [7, 11) is 0. The quantitative estimate of drug-likeness (QED) is 0.841. The van der Waals surface area contributed by atoms with Gasteiger partial charge in [0.1, 0.15) is 5.82 Å². The maximum Gasteiger partial charge on any atom is 0.389 e. The van der Waals surface area contributed by atoms with Crippen molar-refractivity contribution < 1.29 is 17.6 Å². The minimum absolute atomic E-state index is 0.129. The summed E-state index contributed by atoms with van der Waals surface area (Å²) >= 11 is 2.96. The van der Waals surface area contributed by atoms with Crippen molar-refractivity contribution in [3.8, 4) is 0 Å². The number of benzene rings is 1. The Balaban J connectivity index is 2.73. The molecule has 1 aromatic rings. The Morgan fingerprint density at radius 1 is 1.31 bits per heavy atom. The van der Waals surface area contributed by atoms with E-state index in [9.17, 15) is 17.6 Å². The summed E-state index contributed by atoms with van der Waals surface area (Å²) in [5.41, 5.74) is 5.93. The van der Waals surface area contributed by atoms with E-state index in [1.807, 2.05) is 0 Å². The molecule has 90 valence electrons. The van der Waals surface area contributed by atoms with Gasteiger partial charge in [-0.3, -0.25) is 0 Å². The summed E-state index contributed by atoms with van der Waals surface area (Å²) in [4.78, 5) is 0. The van der Waals surface area contributed by atoms with Crippen LogP contribution in [0, 0.1) is 5.82 Å². The molecule has 0 fully saturated rings. The minimum Gasteiger partial charge on any atom is -0.324 e. The molecule has 0 aliphatic carbocycles. The van der Waals surface area contributed by atoms with Gasteiger partial charge in [-0.15, -0.1) is 0 Å². The molecule has 0 heterocycles. The highest BCUT2D eigenvalue weighted by Crippen LogP contribution is 2.30. The van der Waals surface area contributed by atoms with E-state index >= 15 is 0 Å². The third-order valence-electron chi connectivity index (χ3n) is 2.12. The molecule has 0 spiro atoms. The fraction of sp³-hybridized carbons (Fsp3) is 0.400. The summed E-state index contributed by atoms with van der Waals surface area (Å²) in [6.45, 7) is 0. The van der Waals surface area contributed by atoms with Gasteiger partial charge in [0.25, 0.3) is 0 Å². The Hall–Kier alpha value is -0.620. The van der Waals surface area contributed by atoms with Gasteiger partial charge in [0.2, 0.25) is 0 Å². The molecule has 0 amide bonds. The van der Waals surface area contributed by atoms with E-state index in [1.165, 1.54) is 18.2 Å². The molecule has 1 atom stereocenters. The second-order valence-electron chi connectivity index (χ2n) is 3.40. The zero-order valence-corrected chi connectivity index (χ0v) is 9.78. The molecular weight excluding hydrogens is 290 g/mol. The zero-order chi connectivity index (χ0) is 12.3. The molecule has 0 aromatic heterocycles. The summed E-state index contributed by atoms with van der Waals surface area (Å²) in [6.07, 6.45) is -5.47. The molecular formula is C10H10BrF4N. The highest BCUT2D eigenvalue weighted by Gasteiger charge is 2.28. The Morgan fingerprint density at radius 3 is 2.50 bits per heavy atom. The van der Waals surface area contributed by atoms with Crippen molar-refractivity contribution in [1.82, 2.24) is 0 Å². The number of nitrogens with two attached hydrogens (primary N) is 1. The predicted molar refractivity (Wildman–Crippen MR) is 56.3 cm³/mol. The Bertz CT molecular complexity index is 364. The molecule has 0 aliphatic rings. The lowest BCUT2D eigenvalue weighted by Gasteiger charge is -2.15. The maximum atomic E-state index is 13.1. The van der Waals surface area contributed by atoms with E-state index in [0.29, 0.717) is 5.56 Å². The second kappa shape index (κ2) is 5.14. The first kappa shape index (κ1) is 13.4. The van der Waals surface area contributed by atoms with Gasteiger partial charge in [0, 0.05) is 12.5 Å². The summed E-state index contributed by atoms with van der Waals surface area (Å²) in [5, 5.41) is 0. The lowest BCUT2D eigenvalue weighted by Crippen LogP contribution is -2.16. The van der Waals surface area contributed by atoms with Crippen LogP contribution in [0.25, 0.3) is 0 Å². The molecule has 2 N–H and O–H groups in total. The predicted octanol–water partition coefficient (Wildman–Crippen LogP) is 3.93. The normalized spacial score (nSPS) is 13.9. The molecule has 1 aromatic carbocycles. The molecule has 6 heteroatoms. The minimum atomic E-state index is -4.24. The van der Waals surface area contributed by atoms with Crippen molar-refractivity contribution in [1.29, 1.82) is 0 Å². The van der Waals surface area contributed by atoms with Gasteiger partial charge in [0.05, 0.1) is 4.47 Å². The molecule has 0 saturated heterocycles. The average Bonchev–Trinajstić information content (AvgIpc) is 2.17. The zero-order valence-electron chi connectivity index (χ0n) is 8.19. The lowest BCUT2D eigenvalue weighted by atomic mass is 10.0. The third-order valence-corrected chi connectivity index (χ3v) is 2.96. The topological polar surface area (TPSA) is 26.0 Å². The van der Waals surface area contributed by atoms with Crippen molar-refractivity contribution >= 4 is 15.9 Å². The number of hydrogen-bond acceptors (Lipinski definition) is 1. The van der Waals surface area contributed by atoms with E-state index in [4.69, 9.17) is 5.73 Å². The van der Waals surface area contributed by atoms with Crippen LogP contribution in [0.15, 0.2) is 22.7 Å². The summed E-state index contributed by atoms with van der Waals surface area (Å²) in [5.74, 6) is -0.528. The Labute approximate surface area is 98.8 Å². The van der Waals surface area contributed by atoms with Crippen molar-refractivity contribution in [2.24, 2.45) is 5.73 Å². The van der Waals surface area contributed by atoms with Crippen molar-refractivity contribution in [2.75, 3.05) is 0 Å². The summed E-state index contributed by atoms with van der Waals surface area (Å²) in [6, 6.07) is 3.31. The summed E-state index contributed by atoms with van der Waals surface area (Å²) < 4.78 is 49.1. The van der Waals surface area contributed by atoms with Gasteiger partial charge in [-0.2, -0.15) is 13.2 Å². The molecule has 0 saturated carbocycles. The fourth-order valence-corrected chi connectivity index (χ4v) is 1.84.